The Morgan fingerprint density at radius 1 is 1.62 bits per heavy atom. The van der Waals surface area contributed by atoms with Gasteiger partial charge in [0, 0.05) is 11.0 Å². The minimum absolute atomic E-state index is 0.380. The number of aliphatic hydroxyl groups is 1. The minimum atomic E-state index is -0.380. The van der Waals surface area contributed by atoms with Crippen molar-refractivity contribution in [1.29, 1.82) is 0 Å². The van der Waals surface area contributed by atoms with E-state index in [4.69, 9.17) is 16.7 Å². The molecular weight excluding hydrogens is 253 g/mol. The van der Waals surface area contributed by atoms with Crippen molar-refractivity contribution < 1.29 is 5.11 Å². The predicted molar refractivity (Wildman–Crippen MR) is 59.3 cm³/mol. The molecule has 1 atom stereocenters. The third kappa shape index (κ3) is 3.55. The van der Waals surface area contributed by atoms with E-state index in [9.17, 15) is 0 Å². The Bertz CT molecular complexity index is 291. The highest BCUT2D eigenvalue weighted by Crippen LogP contribution is 2.25. The zero-order chi connectivity index (χ0) is 9.84. The third-order valence-corrected chi connectivity index (χ3v) is 2.34. The molecule has 0 aliphatic rings. The Labute approximate surface area is 91.0 Å². The second-order valence-corrected chi connectivity index (χ2v) is 4.18. The normalized spacial score (nSPS) is 12.6. The summed E-state index contributed by atoms with van der Waals surface area (Å²) in [5.74, 6) is 0. The molecule has 2 nitrogen and oxygen atoms in total. The molecule has 0 spiro atoms. The van der Waals surface area contributed by atoms with Crippen molar-refractivity contribution in [2.45, 2.75) is 13.0 Å². The fourth-order valence-corrected chi connectivity index (χ4v) is 1.44. The lowest BCUT2D eigenvalue weighted by Crippen LogP contribution is -2.15. The lowest BCUT2D eigenvalue weighted by atomic mass is 10.3. The Hall–Kier alpha value is -0.250. The molecule has 0 aromatic heterocycles. The molecule has 13 heavy (non-hydrogen) atoms. The van der Waals surface area contributed by atoms with Crippen LogP contribution in [0.15, 0.2) is 22.7 Å². The van der Waals surface area contributed by atoms with E-state index in [1.165, 1.54) is 0 Å². The van der Waals surface area contributed by atoms with E-state index in [2.05, 4.69) is 21.2 Å². The average Bonchev–Trinajstić information content (AvgIpc) is 2.06. The summed E-state index contributed by atoms with van der Waals surface area (Å²) in [6, 6.07) is 5.55. The van der Waals surface area contributed by atoms with Gasteiger partial charge >= 0.3 is 0 Å². The van der Waals surface area contributed by atoms with Crippen LogP contribution >= 0.6 is 27.5 Å². The van der Waals surface area contributed by atoms with Crippen LogP contribution in [0.4, 0.5) is 5.69 Å². The first-order valence-corrected chi connectivity index (χ1v) is 5.13. The standard InChI is InChI=1S/C9H11BrClNO/c1-6(13)5-12-9-4-7(10)2-3-8(9)11/h2-4,6,12-13H,5H2,1H3. The fraction of sp³-hybridized carbons (Fsp3) is 0.333. The third-order valence-electron chi connectivity index (χ3n) is 1.52. The van der Waals surface area contributed by atoms with Crippen LogP contribution in [-0.2, 0) is 0 Å². The van der Waals surface area contributed by atoms with Gasteiger partial charge in [0.05, 0.1) is 16.8 Å². The topological polar surface area (TPSA) is 32.3 Å². The molecule has 0 saturated heterocycles. The van der Waals surface area contributed by atoms with Crippen molar-refractivity contribution in [3.8, 4) is 0 Å². The van der Waals surface area contributed by atoms with Gasteiger partial charge in [-0.15, -0.1) is 0 Å². The summed E-state index contributed by atoms with van der Waals surface area (Å²) in [7, 11) is 0. The number of halogens is 2. The summed E-state index contributed by atoms with van der Waals surface area (Å²) in [6.07, 6.45) is -0.380. The van der Waals surface area contributed by atoms with Crippen LogP contribution in [0, 0.1) is 0 Å². The molecule has 0 fully saturated rings. The van der Waals surface area contributed by atoms with Gasteiger partial charge in [-0.3, -0.25) is 0 Å². The van der Waals surface area contributed by atoms with E-state index >= 15 is 0 Å². The van der Waals surface area contributed by atoms with Gasteiger partial charge in [-0.1, -0.05) is 27.5 Å². The number of anilines is 1. The number of benzene rings is 1. The lowest BCUT2D eigenvalue weighted by Gasteiger charge is -2.10. The predicted octanol–water partition coefficient (Wildman–Crippen LogP) is 2.90. The quantitative estimate of drug-likeness (QED) is 0.880. The van der Waals surface area contributed by atoms with Crippen molar-refractivity contribution in [3.63, 3.8) is 0 Å². The van der Waals surface area contributed by atoms with Crippen molar-refractivity contribution in [2.75, 3.05) is 11.9 Å². The Morgan fingerprint density at radius 3 is 2.92 bits per heavy atom. The van der Waals surface area contributed by atoms with E-state index in [0.29, 0.717) is 11.6 Å². The van der Waals surface area contributed by atoms with Crippen LogP contribution < -0.4 is 5.32 Å². The molecule has 1 aromatic carbocycles. The Kier molecular flexibility index (Phi) is 4.03. The number of hydrogen-bond acceptors (Lipinski definition) is 2. The smallest absolute Gasteiger partial charge is 0.0684 e. The van der Waals surface area contributed by atoms with Gasteiger partial charge in [0.1, 0.15) is 0 Å². The molecule has 4 heteroatoms. The number of aliphatic hydroxyl groups excluding tert-OH is 1. The van der Waals surface area contributed by atoms with Crippen molar-refractivity contribution >= 4 is 33.2 Å². The molecule has 0 saturated carbocycles. The van der Waals surface area contributed by atoms with Crippen molar-refractivity contribution in [1.82, 2.24) is 0 Å². The Balaban J connectivity index is 2.70. The Morgan fingerprint density at radius 2 is 2.31 bits per heavy atom. The van der Waals surface area contributed by atoms with Gasteiger partial charge in [-0.25, -0.2) is 0 Å². The fourth-order valence-electron chi connectivity index (χ4n) is 0.891. The molecule has 0 radical (unpaired) electrons. The molecule has 72 valence electrons. The first kappa shape index (κ1) is 10.8. The van der Waals surface area contributed by atoms with Crippen LogP contribution in [0.25, 0.3) is 0 Å². The van der Waals surface area contributed by atoms with Crippen LogP contribution in [-0.4, -0.2) is 17.8 Å². The summed E-state index contributed by atoms with van der Waals surface area (Å²) in [5, 5.41) is 12.8. The second-order valence-electron chi connectivity index (χ2n) is 2.85. The lowest BCUT2D eigenvalue weighted by molar-refractivity contribution is 0.208. The molecule has 1 aromatic rings. The van der Waals surface area contributed by atoms with E-state index in [1.807, 2.05) is 12.1 Å². The largest absolute Gasteiger partial charge is 0.392 e. The minimum Gasteiger partial charge on any atom is -0.392 e. The van der Waals surface area contributed by atoms with E-state index < -0.39 is 0 Å². The molecule has 0 bridgehead atoms. The van der Waals surface area contributed by atoms with Gasteiger partial charge in [0.25, 0.3) is 0 Å². The van der Waals surface area contributed by atoms with Gasteiger partial charge < -0.3 is 10.4 Å². The van der Waals surface area contributed by atoms with Crippen molar-refractivity contribution in [2.24, 2.45) is 0 Å². The maximum absolute atomic E-state index is 9.06. The molecular formula is C9H11BrClNO. The maximum atomic E-state index is 9.06. The molecule has 2 N–H and O–H groups in total. The monoisotopic (exact) mass is 263 g/mol. The molecule has 0 heterocycles. The average molecular weight is 265 g/mol. The molecule has 0 aliphatic carbocycles. The summed E-state index contributed by atoms with van der Waals surface area (Å²) in [5.41, 5.74) is 0.831. The summed E-state index contributed by atoms with van der Waals surface area (Å²) >= 11 is 9.26. The van der Waals surface area contributed by atoms with Gasteiger partial charge in [0.2, 0.25) is 0 Å². The van der Waals surface area contributed by atoms with Gasteiger partial charge in [-0.05, 0) is 25.1 Å². The highest BCUT2D eigenvalue weighted by molar-refractivity contribution is 9.10. The van der Waals surface area contributed by atoms with E-state index in [0.717, 1.165) is 10.2 Å². The molecule has 0 aliphatic heterocycles. The van der Waals surface area contributed by atoms with Crippen molar-refractivity contribution in [3.05, 3.63) is 27.7 Å². The van der Waals surface area contributed by atoms with Crippen LogP contribution in [0.1, 0.15) is 6.92 Å². The van der Waals surface area contributed by atoms with Crippen LogP contribution in [0.5, 0.6) is 0 Å². The highest BCUT2D eigenvalue weighted by Gasteiger charge is 2.01. The number of hydrogen-bond donors (Lipinski definition) is 2. The SMILES string of the molecule is CC(O)CNc1cc(Br)ccc1Cl. The van der Waals surface area contributed by atoms with Gasteiger partial charge in [-0.2, -0.15) is 0 Å². The first-order chi connectivity index (χ1) is 6.09. The van der Waals surface area contributed by atoms with Crippen LogP contribution in [0.2, 0.25) is 5.02 Å². The zero-order valence-corrected chi connectivity index (χ0v) is 9.56. The van der Waals surface area contributed by atoms with Crippen LogP contribution in [0.3, 0.4) is 0 Å². The highest BCUT2D eigenvalue weighted by atomic mass is 79.9. The second kappa shape index (κ2) is 4.84. The van der Waals surface area contributed by atoms with Gasteiger partial charge in [0.15, 0.2) is 0 Å². The summed E-state index contributed by atoms with van der Waals surface area (Å²) < 4.78 is 0.963. The zero-order valence-electron chi connectivity index (χ0n) is 7.22. The number of rotatable bonds is 3. The maximum Gasteiger partial charge on any atom is 0.0684 e. The number of nitrogens with one attached hydrogen (secondary N) is 1. The molecule has 1 rings (SSSR count). The van der Waals surface area contributed by atoms with E-state index in [-0.39, 0.29) is 6.10 Å². The molecule has 0 amide bonds. The summed E-state index contributed by atoms with van der Waals surface area (Å²) in [6.45, 7) is 2.22. The molecule has 1 unspecified atom stereocenters. The van der Waals surface area contributed by atoms with E-state index in [1.54, 1.807) is 13.0 Å². The summed E-state index contributed by atoms with van der Waals surface area (Å²) in [4.78, 5) is 0. The first-order valence-electron chi connectivity index (χ1n) is 3.96.